The summed E-state index contributed by atoms with van der Waals surface area (Å²) >= 11 is 6.09. The van der Waals surface area contributed by atoms with Gasteiger partial charge in [-0.25, -0.2) is 13.4 Å². The normalized spacial score (nSPS) is 19.0. The van der Waals surface area contributed by atoms with Crippen molar-refractivity contribution in [3.8, 4) is 0 Å². The van der Waals surface area contributed by atoms with E-state index in [2.05, 4.69) is 15.6 Å². The average molecular weight is 366 g/mol. The number of aromatic nitrogens is 1. The number of pyridine rings is 1. The number of halogens is 1. The van der Waals surface area contributed by atoms with Crippen LogP contribution in [0.25, 0.3) is 0 Å². The first-order chi connectivity index (χ1) is 11.4. The van der Waals surface area contributed by atoms with E-state index in [4.69, 9.17) is 11.6 Å². The number of amides is 1. The third-order valence-electron chi connectivity index (χ3n) is 3.73. The van der Waals surface area contributed by atoms with Gasteiger partial charge in [0.2, 0.25) is 0 Å². The average Bonchev–Trinajstić information content (AvgIpc) is 2.88. The molecular weight excluding hydrogens is 350 g/mol. The summed E-state index contributed by atoms with van der Waals surface area (Å²) in [4.78, 5) is 16.5. The van der Waals surface area contributed by atoms with Crippen LogP contribution in [0.5, 0.6) is 0 Å². The summed E-state index contributed by atoms with van der Waals surface area (Å²) in [6, 6.07) is 10.1. The van der Waals surface area contributed by atoms with Crippen LogP contribution in [0.4, 0.5) is 11.5 Å². The van der Waals surface area contributed by atoms with E-state index in [1.807, 2.05) is 12.1 Å². The summed E-state index contributed by atoms with van der Waals surface area (Å²) in [5, 5.41) is 6.36. The molecular formula is C16H16ClN3O3S. The maximum atomic E-state index is 12.3. The number of rotatable bonds is 4. The van der Waals surface area contributed by atoms with Crippen molar-refractivity contribution in [1.82, 2.24) is 10.3 Å². The molecule has 1 aliphatic rings. The first kappa shape index (κ1) is 16.7. The third-order valence-corrected chi connectivity index (χ3v) is 5.82. The molecule has 1 unspecified atom stereocenters. The Morgan fingerprint density at radius 1 is 1.25 bits per heavy atom. The van der Waals surface area contributed by atoms with Crippen molar-refractivity contribution in [3.05, 3.63) is 53.2 Å². The maximum absolute atomic E-state index is 12.3. The van der Waals surface area contributed by atoms with E-state index in [0.717, 1.165) is 0 Å². The van der Waals surface area contributed by atoms with Gasteiger partial charge in [-0.2, -0.15) is 0 Å². The molecule has 1 aromatic carbocycles. The highest BCUT2D eigenvalue weighted by Crippen LogP contribution is 2.24. The highest BCUT2D eigenvalue weighted by atomic mass is 35.5. The fourth-order valence-electron chi connectivity index (χ4n) is 2.52. The molecule has 1 atom stereocenters. The number of hydrogen-bond donors (Lipinski definition) is 2. The summed E-state index contributed by atoms with van der Waals surface area (Å²) in [5.41, 5.74) is 1.09. The van der Waals surface area contributed by atoms with Crippen molar-refractivity contribution in [2.24, 2.45) is 0 Å². The Morgan fingerprint density at radius 3 is 2.75 bits per heavy atom. The lowest BCUT2D eigenvalue weighted by Crippen LogP contribution is -2.35. The van der Waals surface area contributed by atoms with Gasteiger partial charge in [-0.3, -0.25) is 4.79 Å². The second-order valence-electron chi connectivity index (χ2n) is 5.61. The number of sulfone groups is 1. The highest BCUT2D eigenvalue weighted by Gasteiger charge is 2.29. The van der Waals surface area contributed by atoms with Crippen molar-refractivity contribution in [2.75, 3.05) is 16.8 Å². The first-order valence-corrected chi connectivity index (χ1v) is 9.62. The Kier molecular flexibility index (Phi) is 4.73. The van der Waals surface area contributed by atoms with Crippen molar-refractivity contribution < 1.29 is 13.2 Å². The molecule has 2 N–H and O–H groups in total. The Balaban J connectivity index is 1.71. The predicted octanol–water partition coefficient (Wildman–Crippen LogP) is 2.40. The standard InChI is InChI=1S/C16H16ClN3O3S/c17-13-3-1-2-4-14(13)20-15-9-11(5-7-18-15)16(21)19-12-6-8-24(22,23)10-12/h1-5,7,9,12H,6,8,10H2,(H,18,20)(H,19,21). The SMILES string of the molecule is O=C(NC1CCS(=O)(=O)C1)c1ccnc(Nc2ccccc2Cl)c1. The number of anilines is 2. The summed E-state index contributed by atoms with van der Waals surface area (Å²) in [6.07, 6.45) is 1.96. The van der Waals surface area contributed by atoms with E-state index < -0.39 is 9.84 Å². The lowest BCUT2D eigenvalue weighted by Gasteiger charge is -2.12. The molecule has 1 aromatic heterocycles. The van der Waals surface area contributed by atoms with Crippen molar-refractivity contribution in [3.63, 3.8) is 0 Å². The molecule has 126 valence electrons. The quantitative estimate of drug-likeness (QED) is 0.868. The van der Waals surface area contributed by atoms with Gasteiger partial charge >= 0.3 is 0 Å². The smallest absolute Gasteiger partial charge is 0.251 e. The highest BCUT2D eigenvalue weighted by molar-refractivity contribution is 7.91. The Morgan fingerprint density at radius 2 is 2.04 bits per heavy atom. The van der Waals surface area contributed by atoms with Gasteiger partial charge in [0.15, 0.2) is 9.84 Å². The molecule has 1 saturated heterocycles. The topological polar surface area (TPSA) is 88.2 Å². The fraction of sp³-hybridized carbons (Fsp3) is 0.250. The van der Waals surface area contributed by atoms with Crippen LogP contribution in [0.15, 0.2) is 42.6 Å². The summed E-state index contributed by atoms with van der Waals surface area (Å²) in [7, 11) is -3.03. The predicted molar refractivity (Wildman–Crippen MR) is 93.5 cm³/mol. The van der Waals surface area contributed by atoms with Crippen LogP contribution < -0.4 is 10.6 Å². The number of hydrogen-bond acceptors (Lipinski definition) is 5. The second-order valence-corrected chi connectivity index (χ2v) is 8.24. The maximum Gasteiger partial charge on any atom is 0.251 e. The van der Waals surface area contributed by atoms with Crippen LogP contribution in [0.1, 0.15) is 16.8 Å². The third kappa shape index (κ3) is 4.04. The summed E-state index contributed by atoms with van der Waals surface area (Å²) < 4.78 is 22.9. The van der Waals surface area contributed by atoms with Gasteiger partial charge in [0.25, 0.3) is 5.91 Å². The van der Waals surface area contributed by atoms with Crippen LogP contribution in [0.2, 0.25) is 5.02 Å². The molecule has 1 amide bonds. The minimum absolute atomic E-state index is 0.00540. The van der Waals surface area contributed by atoms with Gasteiger partial charge < -0.3 is 10.6 Å². The van der Waals surface area contributed by atoms with E-state index in [1.165, 1.54) is 6.20 Å². The van der Waals surface area contributed by atoms with Gasteiger partial charge in [-0.05, 0) is 30.7 Å². The molecule has 1 fully saturated rings. The lowest BCUT2D eigenvalue weighted by atomic mass is 10.2. The number of para-hydroxylation sites is 1. The minimum atomic E-state index is -3.03. The summed E-state index contributed by atoms with van der Waals surface area (Å²) in [6.45, 7) is 0. The van der Waals surface area contributed by atoms with E-state index >= 15 is 0 Å². The molecule has 2 heterocycles. The van der Waals surface area contributed by atoms with Crippen LogP contribution in [0.3, 0.4) is 0 Å². The molecule has 0 aliphatic carbocycles. The number of nitrogens with one attached hydrogen (secondary N) is 2. The molecule has 8 heteroatoms. The zero-order chi connectivity index (χ0) is 17.2. The fourth-order valence-corrected chi connectivity index (χ4v) is 4.37. The Labute approximate surface area is 145 Å². The zero-order valence-corrected chi connectivity index (χ0v) is 14.3. The second kappa shape index (κ2) is 6.78. The van der Waals surface area contributed by atoms with Gasteiger partial charge in [-0.15, -0.1) is 0 Å². The van der Waals surface area contributed by atoms with E-state index in [-0.39, 0.29) is 23.5 Å². The number of carbonyl (C=O) groups excluding carboxylic acids is 1. The number of benzene rings is 1. The monoisotopic (exact) mass is 365 g/mol. The molecule has 1 aliphatic heterocycles. The lowest BCUT2D eigenvalue weighted by molar-refractivity contribution is 0.0941. The first-order valence-electron chi connectivity index (χ1n) is 7.42. The van der Waals surface area contributed by atoms with E-state index in [0.29, 0.717) is 28.5 Å². The molecule has 0 spiro atoms. The van der Waals surface area contributed by atoms with Gasteiger partial charge in [0.05, 0.1) is 22.2 Å². The molecule has 3 rings (SSSR count). The zero-order valence-electron chi connectivity index (χ0n) is 12.7. The molecule has 2 aromatic rings. The molecule has 24 heavy (non-hydrogen) atoms. The van der Waals surface area contributed by atoms with E-state index in [1.54, 1.807) is 24.3 Å². The number of nitrogens with zero attached hydrogens (tertiary/aromatic N) is 1. The van der Waals surface area contributed by atoms with Crippen LogP contribution >= 0.6 is 11.6 Å². The minimum Gasteiger partial charge on any atom is -0.348 e. The van der Waals surface area contributed by atoms with Crippen molar-refractivity contribution in [2.45, 2.75) is 12.5 Å². The van der Waals surface area contributed by atoms with Gasteiger partial charge in [0.1, 0.15) is 5.82 Å². The van der Waals surface area contributed by atoms with Gasteiger partial charge in [-0.1, -0.05) is 23.7 Å². The Hall–Kier alpha value is -2.12. The van der Waals surface area contributed by atoms with E-state index in [9.17, 15) is 13.2 Å². The largest absolute Gasteiger partial charge is 0.348 e. The van der Waals surface area contributed by atoms with Crippen LogP contribution in [-0.4, -0.2) is 36.9 Å². The van der Waals surface area contributed by atoms with Crippen LogP contribution in [-0.2, 0) is 9.84 Å². The molecule has 6 nitrogen and oxygen atoms in total. The van der Waals surface area contributed by atoms with Crippen molar-refractivity contribution in [1.29, 1.82) is 0 Å². The molecule has 0 radical (unpaired) electrons. The van der Waals surface area contributed by atoms with Crippen LogP contribution in [0, 0.1) is 0 Å². The number of carbonyl (C=O) groups is 1. The molecule has 0 bridgehead atoms. The Bertz CT molecular complexity index is 870. The molecule has 0 saturated carbocycles. The van der Waals surface area contributed by atoms with Crippen molar-refractivity contribution >= 4 is 38.9 Å². The van der Waals surface area contributed by atoms with Gasteiger partial charge in [0, 0.05) is 17.8 Å². The summed E-state index contributed by atoms with van der Waals surface area (Å²) in [5.74, 6) is 0.277.